The molecule has 2 heterocycles. The van der Waals surface area contributed by atoms with E-state index in [2.05, 4.69) is 29.3 Å². The summed E-state index contributed by atoms with van der Waals surface area (Å²) in [7, 11) is 0. The minimum atomic E-state index is -0.230. The van der Waals surface area contributed by atoms with Gasteiger partial charge in [0.25, 0.3) is 0 Å². The van der Waals surface area contributed by atoms with Crippen LogP contribution >= 0.6 is 0 Å². The summed E-state index contributed by atoms with van der Waals surface area (Å²) in [6, 6.07) is 8.64. The fraction of sp³-hybridized carbons (Fsp3) is 0.619. The topological polar surface area (TPSA) is 61.9 Å². The van der Waals surface area contributed by atoms with E-state index in [0.717, 1.165) is 57.3 Å². The van der Waals surface area contributed by atoms with Crippen LogP contribution in [0, 0.1) is 5.92 Å². The van der Waals surface area contributed by atoms with Crippen molar-refractivity contribution in [2.75, 3.05) is 39.3 Å². The predicted octanol–water partition coefficient (Wildman–Crippen LogP) is 2.07. The lowest BCUT2D eigenvalue weighted by Gasteiger charge is -2.31. The number of carbonyl (C=O) groups excluding carboxylic acids is 2. The Labute approximate surface area is 161 Å². The molecule has 3 rings (SSSR count). The zero-order valence-corrected chi connectivity index (χ0v) is 16.2. The maximum Gasteiger partial charge on any atom is 0.410 e. The number of nitrogens with zero attached hydrogens (tertiary/aromatic N) is 2. The van der Waals surface area contributed by atoms with Gasteiger partial charge >= 0.3 is 6.09 Å². The van der Waals surface area contributed by atoms with Crippen molar-refractivity contribution in [2.45, 2.75) is 38.8 Å². The molecular formula is C21H31N3O3. The molecule has 1 unspecified atom stereocenters. The van der Waals surface area contributed by atoms with Crippen LogP contribution in [0.5, 0.6) is 0 Å². The quantitative estimate of drug-likeness (QED) is 0.774. The standard InChI is InChI=1S/C21H31N3O3/c1-17-14-24(13-9-22-17)21(26)27-16-20-4-2-18(3-5-20)6-10-23-11-7-19(15-25)8-12-23/h2-5,15,17,19,22H,6-14,16H2,1H3. The van der Waals surface area contributed by atoms with E-state index in [4.69, 9.17) is 4.74 Å². The van der Waals surface area contributed by atoms with Gasteiger partial charge in [0.15, 0.2) is 0 Å². The molecule has 1 aromatic carbocycles. The Morgan fingerprint density at radius 2 is 1.89 bits per heavy atom. The minimum Gasteiger partial charge on any atom is -0.445 e. The van der Waals surface area contributed by atoms with Crippen molar-refractivity contribution in [3.05, 3.63) is 35.4 Å². The summed E-state index contributed by atoms with van der Waals surface area (Å²) in [6.45, 7) is 7.66. The molecule has 6 heteroatoms. The molecule has 2 aliphatic heterocycles. The van der Waals surface area contributed by atoms with Crippen LogP contribution in [0.3, 0.4) is 0 Å². The summed E-state index contributed by atoms with van der Waals surface area (Å²) < 4.78 is 5.45. The summed E-state index contributed by atoms with van der Waals surface area (Å²) >= 11 is 0. The van der Waals surface area contributed by atoms with Crippen molar-refractivity contribution in [2.24, 2.45) is 5.92 Å². The van der Waals surface area contributed by atoms with Gasteiger partial charge in [-0.05, 0) is 50.4 Å². The molecule has 0 radical (unpaired) electrons. The third kappa shape index (κ3) is 6.04. The Balaban J connectivity index is 1.38. The van der Waals surface area contributed by atoms with Gasteiger partial charge in [-0.1, -0.05) is 24.3 Å². The Kier molecular flexibility index (Phi) is 7.24. The highest BCUT2D eigenvalue weighted by Crippen LogP contribution is 2.16. The van der Waals surface area contributed by atoms with Crippen LogP contribution < -0.4 is 5.32 Å². The number of hydrogen-bond acceptors (Lipinski definition) is 5. The molecule has 0 bridgehead atoms. The van der Waals surface area contributed by atoms with Crippen molar-refractivity contribution in [1.29, 1.82) is 0 Å². The maximum absolute atomic E-state index is 12.2. The molecule has 1 amide bonds. The van der Waals surface area contributed by atoms with Crippen LogP contribution in [0.15, 0.2) is 24.3 Å². The van der Waals surface area contributed by atoms with Crippen molar-refractivity contribution in [3.8, 4) is 0 Å². The number of carbonyl (C=O) groups is 2. The number of aldehydes is 1. The molecule has 1 atom stereocenters. The third-order valence-corrected chi connectivity index (χ3v) is 5.55. The zero-order valence-electron chi connectivity index (χ0n) is 16.2. The number of ether oxygens (including phenoxy) is 1. The van der Waals surface area contributed by atoms with E-state index in [0.29, 0.717) is 25.7 Å². The lowest BCUT2D eigenvalue weighted by Crippen LogP contribution is -2.51. The Bertz CT molecular complexity index is 612. The highest BCUT2D eigenvalue weighted by atomic mass is 16.6. The smallest absolute Gasteiger partial charge is 0.410 e. The van der Waals surface area contributed by atoms with E-state index in [-0.39, 0.29) is 12.0 Å². The van der Waals surface area contributed by atoms with Crippen molar-refractivity contribution < 1.29 is 14.3 Å². The van der Waals surface area contributed by atoms with Gasteiger partial charge < -0.3 is 24.6 Å². The summed E-state index contributed by atoms with van der Waals surface area (Å²) in [5.74, 6) is 0.257. The number of hydrogen-bond donors (Lipinski definition) is 1. The number of likely N-dealkylation sites (tertiary alicyclic amines) is 1. The summed E-state index contributed by atoms with van der Waals surface area (Å²) in [5, 5.41) is 3.32. The number of nitrogens with one attached hydrogen (secondary N) is 1. The largest absolute Gasteiger partial charge is 0.445 e. The second kappa shape index (κ2) is 9.85. The van der Waals surface area contributed by atoms with Crippen LogP contribution in [-0.2, 0) is 22.6 Å². The molecule has 2 saturated heterocycles. The first-order chi connectivity index (χ1) is 13.1. The average molecular weight is 373 g/mol. The van der Waals surface area contributed by atoms with Gasteiger partial charge in [-0.15, -0.1) is 0 Å². The maximum atomic E-state index is 12.2. The summed E-state index contributed by atoms with van der Waals surface area (Å²) in [5.41, 5.74) is 2.31. The van der Waals surface area contributed by atoms with E-state index in [1.165, 1.54) is 5.56 Å². The molecule has 0 spiro atoms. The number of rotatable bonds is 6. The molecule has 2 aliphatic rings. The fourth-order valence-corrected chi connectivity index (χ4v) is 3.74. The molecule has 148 valence electrons. The predicted molar refractivity (Wildman–Crippen MR) is 105 cm³/mol. The van der Waals surface area contributed by atoms with Gasteiger partial charge in [-0.3, -0.25) is 0 Å². The first-order valence-corrected chi connectivity index (χ1v) is 10.0. The first kappa shape index (κ1) is 19.8. The van der Waals surface area contributed by atoms with Gasteiger partial charge in [0.1, 0.15) is 12.9 Å². The zero-order chi connectivity index (χ0) is 19.1. The molecule has 1 aromatic rings. The molecular weight excluding hydrogens is 342 g/mol. The van der Waals surface area contributed by atoms with E-state index >= 15 is 0 Å². The normalized spacial score (nSPS) is 21.8. The second-order valence-corrected chi connectivity index (χ2v) is 7.74. The SMILES string of the molecule is CC1CN(C(=O)OCc2ccc(CCN3CCC(C=O)CC3)cc2)CCN1. The highest BCUT2D eigenvalue weighted by molar-refractivity contribution is 5.67. The molecule has 2 fully saturated rings. The van der Waals surface area contributed by atoms with Crippen LogP contribution in [0.1, 0.15) is 30.9 Å². The van der Waals surface area contributed by atoms with E-state index in [1.54, 1.807) is 4.90 Å². The monoisotopic (exact) mass is 373 g/mol. The number of amides is 1. The van der Waals surface area contributed by atoms with Crippen LogP contribution in [0.4, 0.5) is 4.79 Å². The third-order valence-electron chi connectivity index (χ3n) is 5.55. The number of piperazine rings is 1. The van der Waals surface area contributed by atoms with Gasteiger partial charge in [0, 0.05) is 38.1 Å². The molecule has 0 saturated carbocycles. The van der Waals surface area contributed by atoms with E-state index in [9.17, 15) is 9.59 Å². The lowest BCUT2D eigenvalue weighted by atomic mass is 9.98. The molecule has 1 N–H and O–H groups in total. The van der Waals surface area contributed by atoms with Crippen LogP contribution in [0.25, 0.3) is 0 Å². The Morgan fingerprint density at radius 1 is 1.19 bits per heavy atom. The second-order valence-electron chi connectivity index (χ2n) is 7.74. The van der Waals surface area contributed by atoms with Crippen LogP contribution in [0.2, 0.25) is 0 Å². The van der Waals surface area contributed by atoms with Crippen molar-refractivity contribution in [3.63, 3.8) is 0 Å². The molecule has 0 aliphatic carbocycles. The molecule has 6 nitrogen and oxygen atoms in total. The minimum absolute atomic E-state index is 0.230. The van der Waals surface area contributed by atoms with Gasteiger partial charge in [-0.2, -0.15) is 0 Å². The Morgan fingerprint density at radius 3 is 2.56 bits per heavy atom. The highest BCUT2D eigenvalue weighted by Gasteiger charge is 2.21. The summed E-state index contributed by atoms with van der Waals surface area (Å²) in [4.78, 5) is 27.2. The van der Waals surface area contributed by atoms with E-state index < -0.39 is 0 Å². The molecule has 27 heavy (non-hydrogen) atoms. The van der Waals surface area contributed by atoms with Gasteiger partial charge in [0.05, 0.1) is 0 Å². The fourth-order valence-electron chi connectivity index (χ4n) is 3.74. The van der Waals surface area contributed by atoms with Gasteiger partial charge in [-0.25, -0.2) is 4.79 Å². The van der Waals surface area contributed by atoms with Crippen molar-refractivity contribution >= 4 is 12.4 Å². The first-order valence-electron chi connectivity index (χ1n) is 10.0. The lowest BCUT2D eigenvalue weighted by molar-refractivity contribution is -0.112. The summed E-state index contributed by atoms with van der Waals surface area (Å²) in [6.07, 6.45) is 3.85. The van der Waals surface area contributed by atoms with Crippen LogP contribution in [-0.4, -0.2) is 67.5 Å². The van der Waals surface area contributed by atoms with Gasteiger partial charge in [0.2, 0.25) is 0 Å². The number of benzene rings is 1. The van der Waals surface area contributed by atoms with Crippen molar-refractivity contribution in [1.82, 2.24) is 15.1 Å². The molecule has 0 aromatic heterocycles. The number of piperidine rings is 1. The Hall–Kier alpha value is -1.92. The average Bonchev–Trinajstić information content (AvgIpc) is 2.71. The van der Waals surface area contributed by atoms with E-state index in [1.807, 2.05) is 12.1 Å².